The molecule has 5 heteroatoms. The summed E-state index contributed by atoms with van der Waals surface area (Å²) in [6.07, 6.45) is 0.118. The molecule has 4 rings (SSSR count). The lowest BCUT2D eigenvalue weighted by molar-refractivity contribution is 0.127. The predicted molar refractivity (Wildman–Crippen MR) is 92.1 cm³/mol. The van der Waals surface area contributed by atoms with E-state index >= 15 is 0 Å². The molecule has 5 nitrogen and oxygen atoms in total. The van der Waals surface area contributed by atoms with E-state index in [-0.39, 0.29) is 6.10 Å². The normalized spacial score (nSPS) is 18.4. The van der Waals surface area contributed by atoms with Crippen LogP contribution in [-0.2, 0) is 17.8 Å². The first-order valence-corrected chi connectivity index (χ1v) is 8.19. The highest BCUT2D eigenvalue weighted by atomic mass is 16.6. The van der Waals surface area contributed by atoms with E-state index in [4.69, 9.17) is 9.73 Å². The van der Waals surface area contributed by atoms with E-state index in [0.29, 0.717) is 6.54 Å². The first kappa shape index (κ1) is 14.8. The number of benzene rings is 2. The number of alkyl carbamates (subject to hydrolysis) is 1. The second kappa shape index (κ2) is 6.35. The van der Waals surface area contributed by atoms with Gasteiger partial charge in [0.2, 0.25) is 0 Å². The van der Waals surface area contributed by atoms with Gasteiger partial charge >= 0.3 is 6.09 Å². The molecule has 0 unspecified atom stereocenters. The van der Waals surface area contributed by atoms with Gasteiger partial charge in [0.1, 0.15) is 5.84 Å². The fourth-order valence-electron chi connectivity index (χ4n) is 3.16. The molecule has 122 valence electrons. The number of para-hydroxylation sites is 1. The van der Waals surface area contributed by atoms with Crippen LogP contribution in [0, 0.1) is 0 Å². The summed E-state index contributed by atoms with van der Waals surface area (Å²) in [5.74, 6) is 0.864. The van der Waals surface area contributed by atoms with Gasteiger partial charge in [0.25, 0.3) is 0 Å². The third kappa shape index (κ3) is 2.97. The van der Waals surface area contributed by atoms with Gasteiger partial charge in [-0.3, -0.25) is 0 Å². The lowest BCUT2D eigenvalue weighted by atomic mass is 10.1. The van der Waals surface area contributed by atoms with Crippen molar-refractivity contribution in [1.82, 2.24) is 10.2 Å². The highest BCUT2D eigenvalue weighted by Gasteiger charge is 2.35. The first-order valence-electron chi connectivity index (χ1n) is 8.19. The molecule has 1 atom stereocenters. The van der Waals surface area contributed by atoms with Crippen LogP contribution in [0.25, 0.3) is 0 Å². The van der Waals surface area contributed by atoms with Crippen molar-refractivity contribution in [1.29, 1.82) is 0 Å². The van der Waals surface area contributed by atoms with Crippen molar-refractivity contribution in [3.05, 3.63) is 65.7 Å². The van der Waals surface area contributed by atoms with E-state index in [1.165, 1.54) is 5.56 Å². The lowest BCUT2D eigenvalue weighted by Gasteiger charge is -2.26. The number of amidine groups is 1. The highest BCUT2D eigenvalue weighted by Crippen LogP contribution is 2.31. The molecule has 1 amide bonds. The number of carbonyl (C=O) groups is 1. The number of hydrogen-bond acceptors (Lipinski definition) is 4. The van der Waals surface area contributed by atoms with Crippen molar-refractivity contribution < 1.29 is 9.53 Å². The molecule has 0 saturated carbocycles. The third-order valence-electron chi connectivity index (χ3n) is 4.39. The molecular formula is C19H19N3O2. The highest BCUT2D eigenvalue weighted by molar-refractivity contribution is 5.93. The van der Waals surface area contributed by atoms with Gasteiger partial charge < -0.3 is 15.0 Å². The van der Waals surface area contributed by atoms with Gasteiger partial charge in [0, 0.05) is 26.1 Å². The monoisotopic (exact) mass is 321 g/mol. The third-order valence-corrected chi connectivity index (χ3v) is 4.39. The number of rotatable bonds is 3. The molecule has 2 aromatic rings. The number of carbonyl (C=O) groups excluding carboxylic acids is 1. The standard InChI is InChI=1S/C19H19N3O2/c23-19(20-12-14-6-2-1-3-7-14)24-17-10-11-22-13-15-8-4-5-9-16(15)21-18(17)22/h1-9,17H,10-13H2,(H,20,23)/t17-/m1/s1. The van der Waals surface area contributed by atoms with Crippen LogP contribution in [0.1, 0.15) is 17.5 Å². The maximum atomic E-state index is 12.1. The van der Waals surface area contributed by atoms with E-state index in [1.807, 2.05) is 48.5 Å². The molecule has 0 aromatic heterocycles. The molecule has 0 aliphatic carbocycles. The molecule has 0 radical (unpaired) electrons. The minimum absolute atomic E-state index is 0.269. The molecular weight excluding hydrogens is 302 g/mol. The van der Waals surface area contributed by atoms with E-state index in [0.717, 1.165) is 36.6 Å². The number of aliphatic imine (C=N–C) groups is 1. The number of nitrogens with zero attached hydrogens (tertiary/aromatic N) is 2. The smallest absolute Gasteiger partial charge is 0.408 e. The van der Waals surface area contributed by atoms with Crippen molar-refractivity contribution in [2.75, 3.05) is 6.54 Å². The van der Waals surface area contributed by atoms with Gasteiger partial charge in [-0.05, 0) is 17.2 Å². The zero-order chi connectivity index (χ0) is 16.4. The first-order chi connectivity index (χ1) is 11.8. The quantitative estimate of drug-likeness (QED) is 0.944. The van der Waals surface area contributed by atoms with Crippen LogP contribution in [-0.4, -0.2) is 29.5 Å². The van der Waals surface area contributed by atoms with Gasteiger partial charge in [0.15, 0.2) is 6.10 Å². The topological polar surface area (TPSA) is 53.9 Å². The van der Waals surface area contributed by atoms with Crippen molar-refractivity contribution >= 4 is 17.6 Å². The molecule has 2 aliphatic heterocycles. The van der Waals surface area contributed by atoms with Crippen molar-refractivity contribution in [3.63, 3.8) is 0 Å². The Kier molecular flexibility index (Phi) is 3.91. The number of fused-ring (bicyclic) bond motifs is 2. The van der Waals surface area contributed by atoms with Gasteiger partial charge in [-0.1, -0.05) is 48.5 Å². The Hall–Kier alpha value is -2.82. The lowest BCUT2D eigenvalue weighted by Crippen LogP contribution is -2.36. The van der Waals surface area contributed by atoms with Crippen LogP contribution in [0.3, 0.4) is 0 Å². The summed E-state index contributed by atoms with van der Waals surface area (Å²) in [6.45, 7) is 2.16. The van der Waals surface area contributed by atoms with Crippen LogP contribution in [0.15, 0.2) is 59.6 Å². The zero-order valence-corrected chi connectivity index (χ0v) is 13.3. The largest absolute Gasteiger partial charge is 0.438 e. The van der Waals surface area contributed by atoms with Crippen LogP contribution >= 0.6 is 0 Å². The maximum absolute atomic E-state index is 12.1. The number of amides is 1. The summed E-state index contributed by atoms with van der Waals surface area (Å²) in [7, 11) is 0. The summed E-state index contributed by atoms with van der Waals surface area (Å²) in [6, 6.07) is 17.9. The summed E-state index contributed by atoms with van der Waals surface area (Å²) >= 11 is 0. The van der Waals surface area contributed by atoms with Crippen LogP contribution in [0.5, 0.6) is 0 Å². The second-order valence-corrected chi connectivity index (χ2v) is 6.04. The second-order valence-electron chi connectivity index (χ2n) is 6.04. The Morgan fingerprint density at radius 1 is 1.17 bits per heavy atom. The molecule has 2 heterocycles. The summed E-state index contributed by atoms with van der Waals surface area (Å²) in [5, 5.41) is 2.81. The fourth-order valence-corrected chi connectivity index (χ4v) is 3.16. The van der Waals surface area contributed by atoms with Gasteiger partial charge in [-0.25, -0.2) is 9.79 Å². The van der Waals surface area contributed by atoms with E-state index < -0.39 is 6.09 Å². The van der Waals surface area contributed by atoms with Crippen molar-refractivity contribution in [3.8, 4) is 0 Å². The summed E-state index contributed by atoms with van der Waals surface area (Å²) < 4.78 is 5.60. The Morgan fingerprint density at radius 3 is 2.83 bits per heavy atom. The molecule has 1 saturated heterocycles. The Labute approximate surface area is 141 Å². The minimum atomic E-state index is -0.396. The average Bonchev–Trinajstić information content (AvgIpc) is 3.01. The maximum Gasteiger partial charge on any atom is 0.408 e. The molecule has 24 heavy (non-hydrogen) atoms. The van der Waals surface area contributed by atoms with Gasteiger partial charge in [-0.2, -0.15) is 0 Å². The van der Waals surface area contributed by atoms with Crippen molar-refractivity contribution in [2.45, 2.75) is 25.6 Å². The number of nitrogens with one attached hydrogen (secondary N) is 1. The minimum Gasteiger partial charge on any atom is -0.438 e. The SMILES string of the molecule is O=C(NCc1ccccc1)O[C@@H]1CCN2Cc3ccccc3N=C12. The van der Waals surface area contributed by atoms with E-state index in [1.54, 1.807) is 0 Å². The molecule has 2 aromatic carbocycles. The molecule has 0 bridgehead atoms. The Bertz CT molecular complexity index is 773. The number of ether oxygens (including phenoxy) is 1. The molecule has 1 N–H and O–H groups in total. The number of hydrogen-bond donors (Lipinski definition) is 1. The fraction of sp³-hybridized carbons (Fsp3) is 0.263. The molecule has 2 aliphatic rings. The van der Waals surface area contributed by atoms with Crippen molar-refractivity contribution in [2.24, 2.45) is 4.99 Å². The van der Waals surface area contributed by atoms with Crippen LogP contribution < -0.4 is 5.32 Å². The Morgan fingerprint density at radius 2 is 1.96 bits per heavy atom. The summed E-state index contributed by atoms with van der Waals surface area (Å²) in [5.41, 5.74) is 3.24. The molecule has 0 spiro atoms. The van der Waals surface area contributed by atoms with Crippen LogP contribution in [0.4, 0.5) is 10.5 Å². The Balaban J connectivity index is 1.40. The van der Waals surface area contributed by atoms with Gasteiger partial charge in [0.05, 0.1) is 5.69 Å². The zero-order valence-electron chi connectivity index (χ0n) is 13.3. The van der Waals surface area contributed by atoms with E-state index in [9.17, 15) is 4.79 Å². The predicted octanol–water partition coefficient (Wildman–Crippen LogP) is 3.23. The van der Waals surface area contributed by atoms with Gasteiger partial charge in [-0.15, -0.1) is 0 Å². The van der Waals surface area contributed by atoms with Crippen LogP contribution in [0.2, 0.25) is 0 Å². The average molecular weight is 321 g/mol. The molecule has 1 fully saturated rings. The van der Waals surface area contributed by atoms with E-state index in [2.05, 4.69) is 16.3 Å². The summed E-state index contributed by atoms with van der Waals surface area (Å²) in [4.78, 5) is 19.0.